The van der Waals surface area contributed by atoms with E-state index in [-0.39, 0.29) is 10.9 Å². The minimum absolute atomic E-state index is 0.0424. The minimum atomic E-state index is -0.473. The summed E-state index contributed by atoms with van der Waals surface area (Å²) in [5.41, 5.74) is 14.5. The van der Waals surface area contributed by atoms with E-state index in [0.717, 1.165) is 37.3 Å². The summed E-state index contributed by atoms with van der Waals surface area (Å²) in [6.07, 6.45) is 5.17. The molecule has 2 aromatic heterocycles. The molecule has 7 heteroatoms. The first kappa shape index (κ1) is 16.0. The van der Waals surface area contributed by atoms with E-state index in [1.807, 2.05) is 0 Å². The molecule has 0 spiro atoms. The highest BCUT2D eigenvalue weighted by atomic mass is 35.5. The van der Waals surface area contributed by atoms with E-state index in [2.05, 4.69) is 9.88 Å². The predicted octanol–water partition coefficient (Wildman–Crippen LogP) is 4.44. The van der Waals surface area contributed by atoms with Crippen LogP contribution in [0.1, 0.15) is 19.3 Å². The van der Waals surface area contributed by atoms with Crippen LogP contribution in [0, 0.1) is 5.82 Å². The Bertz CT molecular complexity index is 950. The molecule has 1 aliphatic rings. The van der Waals surface area contributed by atoms with Crippen LogP contribution in [0.4, 0.5) is 21.8 Å². The van der Waals surface area contributed by atoms with E-state index >= 15 is 0 Å². The summed E-state index contributed by atoms with van der Waals surface area (Å²) in [4.78, 5) is 6.79. The van der Waals surface area contributed by atoms with Gasteiger partial charge < -0.3 is 20.8 Å². The van der Waals surface area contributed by atoms with Crippen LogP contribution < -0.4 is 16.4 Å². The van der Waals surface area contributed by atoms with Gasteiger partial charge in [0.05, 0.1) is 10.4 Å². The normalized spacial score (nSPS) is 15.0. The third-order valence-corrected chi connectivity index (χ3v) is 4.94. The fourth-order valence-corrected chi connectivity index (χ4v) is 3.53. The van der Waals surface area contributed by atoms with Gasteiger partial charge in [0.2, 0.25) is 5.88 Å². The molecule has 1 fully saturated rings. The number of nitrogen functional groups attached to an aromatic ring is 2. The lowest BCUT2D eigenvalue weighted by Gasteiger charge is -2.27. The number of hydrogen-bond acceptors (Lipinski definition) is 5. The monoisotopic (exact) mass is 360 g/mol. The fraction of sp³-hybridized carbons (Fsp3) is 0.278. The van der Waals surface area contributed by atoms with E-state index in [9.17, 15) is 4.39 Å². The van der Waals surface area contributed by atoms with Crippen molar-refractivity contribution in [2.45, 2.75) is 19.3 Å². The van der Waals surface area contributed by atoms with Gasteiger partial charge in [-0.2, -0.15) is 0 Å². The second kappa shape index (κ2) is 6.11. The van der Waals surface area contributed by atoms with Crippen molar-refractivity contribution in [3.8, 4) is 11.1 Å². The smallest absolute Gasteiger partial charge is 0.215 e. The second-order valence-electron chi connectivity index (χ2n) is 6.26. The molecule has 0 saturated carbocycles. The summed E-state index contributed by atoms with van der Waals surface area (Å²) >= 11 is 5.93. The van der Waals surface area contributed by atoms with E-state index in [0.29, 0.717) is 22.2 Å². The van der Waals surface area contributed by atoms with Crippen molar-refractivity contribution in [3.63, 3.8) is 0 Å². The van der Waals surface area contributed by atoms with Crippen LogP contribution in [0.3, 0.4) is 0 Å². The number of pyridine rings is 1. The van der Waals surface area contributed by atoms with E-state index in [1.54, 1.807) is 18.3 Å². The molecule has 0 aliphatic carbocycles. The van der Waals surface area contributed by atoms with Gasteiger partial charge in [-0.25, -0.2) is 9.37 Å². The molecule has 0 amide bonds. The highest BCUT2D eigenvalue weighted by Gasteiger charge is 2.23. The van der Waals surface area contributed by atoms with Crippen molar-refractivity contribution in [1.29, 1.82) is 0 Å². The Morgan fingerprint density at radius 3 is 2.64 bits per heavy atom. The zero-order valence-electron chi connectivity index (χ0n) is 13.6. The van der Waals surface area contributed by atoms with Crippen LogP contribution in [0.2, 0.25) is 5.02 Å². The largest absolute Gasteiger partial charge is 0.435 e. The molecule has 1 aromatic carbocycles. The van der Waals surface area contributed by atoms with Gasteiger partial charge in [0.15, 0.2) is 11.4 Å². The van der Waals surface area contributed by atoms with Gasteiger partial charge in [-0.05, 0) is 37.0 Å². The maximum Gasteiger partial charge on any atom is 0.215 e. The molecule has 0 bridgehead atoms. The topological polar surface area (TPSA) is 81.3 Å². The number of aromatic nitrogens is 1. The molecule has 130 valence electrons. The molecular formula is C18H18ClFN4O. The minimum Gasteiger partial charge on any atom is -0.435 e. The Morgan fingerprint density at radius 1 is 1.16 bits per heavy atom. The van der Waals surface area contributed by atoms with Gasteiger partial charge in [-0.3, -0.25) is 0 Å². The number of nitrogens with two attached hydrogens (primary N) is 2. The van der Waals surface area contributed by atoms with Gasteiger partial charge in [-0.1, -0.05) is 17.7 Å². The Balaban J connectivity index is 1.93. The standard InChI is InChI=1S/C18H18ClFN4O/c19-12-8-10(4-5-13(12)20)11-9-23-18(24-6-2-1-3-7-24)16-14(11)15(21)17(22)25-16/h4-5,8-9H,1-3,6-7,21-22H2. The maximum absolute atomic E-state index is 13.5. The molecule has 4 N–H and O–H groups in total. The van der Waals surface area contributed by atoms with Crippen LogP contribution in [0.15, 0.2) is 28.8 Å². The Kier molecular flexibility index (Phi) is 3.92. The number of halogens is 2. The molecule has 0 unspecified atom stereocenters. The highest BCUT2D eigenvalue weighted by molar-refractivity contribution is 6.31. The summed E-state index contributed by atoms with van der Waals surface area (Å²) in [5.74, 6) is 0.435. The molecule has 1 saturated heterocycles. The number of fused-ring (bicyclic) bond motifs is 1. The Labute approximate surface area is 149 Å². The van der Waals surface area contributed by atoms with Crippen LogP contribution in [0.25, 0.3) is 22.1 Å². The summed E-state index contributed by atoms with van der Waals surface area (Å²) in [5, 5.41) is 0.733. The molecule has 4 rings (SSSR count). The summed E-state index contributed by atoms with van der Waals surface area (Å²) in [7, 11) is 0. The second-order valence-corrected chi connectivity index (χ2v) is 6.66. The molecule has 0 radical (unpaired) electrons. The predicted molar refractivity (Wildman–Crippen MR) is 99.3 cm³/mol. The van der Waals surface area contributed by atoms with Crippen molar-refractivity contribution >= 4 is 40.0 Å². The average molecular weight is 361 g/mol. The van der Waals surface area contributed by atoms with E-state index in [4.69, 9.17) is 27.5 Å². The van der Waals surface area contributed by atoms with Gasteiger partial charge in [-0.15, -0.1) is 0 Å². The van der Waals surface area contributed by atoms with Crippen LogP contribution in [0.5, 0.6) is 0 Å². The number of furan rings is 1. The summed E-state index contributed by atoms with van der Waals surface area (Å²) in [6, 6.07) is 4.51. The number of nitrogens with zero attached hydrogens (tertiary/aromatic N) is 2. The van der Waals surface area contributed by atoms with Crippen molar-refractivity contribution in [2.75, 3.05) is 29.5 Å². The lowest BCUT2D eigenvalue weighted by Crippen LogP contribution is -2.30. The summed E-state index contributed by atoms with van der Waals surface area (Å²) < 4.78 is 19.2. The van der Waals surface area contributed by atoms with Crippen LogP contribution in [-0.2, 0) is 0 Å². The molecule has 3 aromatic rings. The van der Waals surface area contributed by atoms with E-state index < -0.39 is 5.82 Å². The molecule has 0 atom stereocenters. The maximum atomic E-state index is 13.5. The zero-order chi connectivity index (χ0) is 17.6. The van der Waals surface area contributed by atoms with Crippen molar-refractivity contribution in [1.82, 2.24) is 4.98 Å². The lowest BCUT2D eigenvalue weighted by atomic mass is 10.0. The first-order chi connectivity index (χ1) is 12.1. The average Bonchev–Trinajstić information content (AvgIpc) is 2.93. The van der Waals surface area contributed by atoms with Gasteiger partial charge in [0.1, 0.15) is 11.5 Å². The zero-order valence-corrected chi connectivity index (χ0v) is 14.3. The lowest BCUT2D eigenvalue weighted by molar-refractivity contribution is 0.567. The molecule has 5 nitrogen and oxygen atoms in total. The third-order valence-electron chi connectivity index (χ3n) is 4.65. The van der Waals surface area contributed by atoms with Crippen molar-refractivity contribution in [2.24, 2.45) is 0 Å². The van der Waals surface area contributed by atoms with Gasteiger partial charge in [0, 0.05) is 24.8 Å². The quantitative estimate of drug-likeness (QED) is 0.706. The number of benzene rings is 1. The Morgan fingerprint density at radius 2 is 1.92 bits per heavy atom. The first-order valence-electron chi connectivity index (χ1n) is 8.23. The number of anilines is 3. The first-order valence-corrected chi connectivity index (χ1v) is 8.61. The van der Waals surface area contributed by atoms with E-state index in [1.165, 1.54) is 12.5 Å². The van der Waals surface area contributed by atoms with Crippen molar-refractivity contribution < 1.29 is 8.81 Å². The molecular weight excluding hydrogens is 343 g/mol. The number of rotatable bonds is 2. The number of piperidine rings is 1. The third kappa shape index (κ3) is 2.66. The molecule has 25 heavy (non-hydrogen) atoms. The highest BCUT2D eigenvalue weighted by Crippen LogP contribution is 2.42. The van der Waals surface area contributed by atoms with Crippen LogP contribution in [-0.4, -0.2) is 18.1 Å². The fourth-order valence-electron chi connectivity index (χ4n) is 3.35. The van der Waals surface area contributed by atoms with Crippen molar-refractivity contribution in [3.05, 3.63) is 35.2 Å². The summed E-state index contributed by atoms with van der Waals surface area (Å²) in [6.45, 7) is 1.84. The molecule has 3 heterocycles. The van der Waals surface area contributed by atoms with Gasteiger partial charge in [0.25, 0.3) is 0 Å². The molecule has 1 aliphatic heterocycles. The van der Waals surface area contributed by atoms with Gasteiger partial charge >= 0.3 is 0 Å². The Hall–Kier alpha value is -2.47. The van der Waals surface area contributed by atoms with Crippen LogP contribution >= 0.6 is 11.6 Å². The number of hydrogen-bond donors (Lipinski definition) is 2. The SMILES string of the molecule is Nc1oc2c(N3CCCCC3)ncc(-c3ccc(F)c(Cl)c3)c2c1N.